The second-order valence-corrected chi connectivity index (χ2v) is 8.42. The van der Waals surface area contributed by atoms with Crippen LogP contribution in [0, 0.1) is 11.8 Å². The average Bonchev–Trinajstić information content (AvgIpc) is 3.03. The van der Waals surface area contributed by atoms with E-state index in [4.69, 9.17) is 9.47 Å². The summed E-state index contributed by atoms with van der Waals surface area (Å²) >= 11 is 0. The van der Waals surface area contributed by atoms with Crippen molar-refractivity contribution in [1.29, 1.82) is 0 Å². The van der Waals surface area contributed by atoms with Crippen LogP contribution < -0.4 is 14.4 Å². The van der Waals surface area contributed by atoms with Crippen molar-refractivity contribution in [3.05, 3.63) is 59.8 Å². The highest BCUT2D eigenvalue weighted by Crippen LogP contribution is 2.41. The molecule has 0 aliphatic carbocycles. The lowest BCUT2D eigenvalue weighted by Gasteiger charge is -2.37. The first-order chi connectivity index (χ1) is 14.9. The molecule has 0 saturated carbocycles. The largest absolute Gasteiger partial charge is 0.497 e. The van der Waals surface area contributed by atoms with Crippen LogP contribution in [-0.4, -0.2) is 44.0 Å². The van der Waals surface area contributed by atoms with Gasteiger partial charge in [-0.15, -0.1) is 0 Å². The summed E-state index contributed by atoms with van der Waals surface area (Å²) in [6.07, 6.45) is 1.11. The molecule has 6 heteroatoms. The molecule has 2 aliphatic heterocycles. The molecule has 2 unspecified atom stereocenters. The molecule has 4 rings (SSSR count). The van der Waals surface area contributed by atoms with Crippen molar-refractivity contribution < 1.29 is 19.1 Å². The fraction of sp³-hybridized carbons (Fsp3) is 0.360. The van der Waals surface area contributed by atoms with Gasteiger partial charge in [0.05, 0.1) is 25.5 Å². The number of hydrogen-bond donors (Lipinski definition) is 0. The smallest absolute Gasteiger partial charge is 0.282 e. The summed E-state index contributed by atoms with van der Waals surface area (Å²) in [4.78, 5) is 30.8. The van der Waals surface area contributed by atoms with E-state index in [1.54, 1.807) is 25.3 Å². The van der Waals surface area contributed by atoms with E-state index in [2.05, 4.69) is 18.7 Å². The molecule has 1 fully saturated rings. The third-order valence-electron chi connectivity index (χ3n) is 5.93. The number of amides is 2. The second-order valence-electron chi connectivity index (χ2n) is 8.42. The van der Waals surface area contributed by atoms with Crippen LogP contribution in [0.3, 0.4) is 0 Å². The summed E-state index contributed by atoms with van der Waals surface area (Å²) in [5.74, 6) is 1.25. The van der Waals surface area contributed by atoms with Crippen molar-refractivity contribution in [3.8, 4) is 11.5 Å². The number of rotatable bonds is 5. The quantitative estimate of drug-likeness (QED) is 0.685. The number of piperidine rings is 1. The summed E-state index contributed by atoms with van der Waals surface area (Å²) in [6.45, 7) is 5.89. The number of ether oxygens (including phenoxy) is 2. The van der Waals surface area contributed by atoms with Crippen LogP contribution in [0.1, 0.15) is 25.8 Å². The molecule has 1 saturated heterocycles. The molecule has 0 bridgehead atoms. The number of carbonyl (C=O) groups excluding carboxylic acids is 2. The van der Waals surface area contributed by atoms with Crippen molar-refractivity contribution in [2.24, 2.45) is 11.8 Å². The van der Waals surface area contributed by atoms with Crippen LogP contribution in [0.2, 0.25) is 0 Å². The van der Waals surface area contributed by atoms with Gasteiger partial charge in [-0.1, -0.05) is 44.2 Å². The SMILES string of the molecule is COc1ccc(N2C(=O)C(c3ccccc3)=C(N3CC(C)CC(C)C3)C2=O)c(OC)c1. The maximum atomic E-state index is 13.8. The molecule has 2 atom stereocenters. The van der Waals surface area contributed by atoms with E-state index >= 15 is 0 Å². The number of nitrogens with zero attached hydrogens (tertiary/aromatic N) is 2. The predicted octanol–water partition coefficient (Wildman–Crippen LogP) is 3.97. The van der Waals surface area contributed by atoms with Gasteiger partial charge >= 0.3 is 0 Å². The first-order valence-corrected chi connectivity index (χ1v) is 10.6. The van der Waals surface area contributed by atoms with Crippen molar-refractivity contribution in [2.75, 3.05) is 32.2 Å². The van der Waals surface area contributed by atoms with E-state index in [-0.39, 0.29) is 11.8 Å². The lowest BCUT2D eigenvalue weighted by molar-refractivity contribution is -0.120. The zero-order valence-electron chi connectivity index (χ0n) is 18.4. The minimum absolute atomic E-state index is 0.311. The third kappa shape index (κ3) is 3.78. The topological polar surface area (TPSA) is 59.1 Å². The van der Waals surface area contributed by atoms with Crippen molar-refractivity contribution in [3.63, 3.8) is 0 Å². The standard InChI is InChI=1S/C25H28N2O4/c1-16-12-17(2)15-26(14-16)23-22(18-8-6-5-7-9-18)24(28)27(25(23)29)20-11-10-19(30-3)13-21(20)31-4/h5-11,13,16-17H,12,14-15H2,1-4H3. The van der Waals surface area contributed by atoms with Crippen molar-refractivity contribution >= 4 is 23.1 Å². The Morgan fingerprint density at radius 2 is 1.55 bits per heavy atom. The molecule has 0 aromatic heterocycles. The Hall–Kier alpha value is -3.28. The molecule has 0 spiro atoms. The number of hydrogen-bond acceptors (Lipinski definition) is 5. The molecular formula is C25H28N2O4. The van der Waals surface area contributed by atoms with Crippen LogP contribution in [0.5, 0.6) is 11.5 Å². The highest BCUT2D eigenvalue weighted by atomic mass is 16.5. The number of carbonyl (C=O) groups is 2. The number of benzene rings is 2. The maximum absolute atomic E-state index is 13.8. The van der Waals surface area contributed by atoms with Gasteiger partial charge in [-0.3, -0.25) is 9.59 Å². The van der Waals surface area contributed by atoms with Gasteiger partial charge in [-0.25, -0.2) is 4.90 Å². The van der Waals surface area contributed by atoms with Crippen LogP contribution in [0.15, 0.2) is 54.2 Å². The molecule has 6 nitrogen and oxygen atoms in total. The summed E-state index contributed by atoms with van der Waals surface area (Å²) in [7, 11) is 3.08. The molecule has 2 aliphatic rings. The zero-order chi connectivity index (χ0) is 22.1. The van der Waals surface area contributed by atoms with E-state index in [0.717, 1.165) is 25.1 Å². The van der Waals surface area contributed by atoms with Gasteiger partial charge < -0.3 is 14.4 Å². The minimum atomic E-state index is -0.333. The van der Waals surface area contributed by atoms with Gasteiger partial charge in [0.15, 0.2) is 0 Å². The Balaban J connectivity index is 1.84. The van der Waals surface area contributed by atoms with E-state index in [0.29, 0.717) is 40.3 Å². The fourth-order valence-corrected chi connectivity index (χ4v) is 4.71. The molecule has 2 aromatic rings. The Kier molecular flexibility index (Phi) is 5.72. The van der Waals surface area contributed by atoms with Crippen LogP contribution in [0.4, 0.5) is 5.69 Å². The van der Waals surface area contributed by atoms with E-state index in [1.165, 1.54) is 12.0 Å². The molecule has 2 amide bonds. The summed E-state index contributed by atoms with van der Waals surface area (Å²) in [5, 5.41) is 0. The van der Waals surface area contributed by atoms with E-state index in [9.17, 15) is 9.59 Å². The van der Waals surface area contributed by atoms with Crippen LogP contribution >= 0.6 is 0 Å². The molecule has 0 radical (unpaired) electrons. The van der Waals surface area contributed by atoms with Gasteiger partial charge in [0.25, 0.3) is 11.8 Å². The van der Waals surface area contributed by atoms with Crippen molar-refractivity contribution in [2.45, 2.75) is 20.3 Å². The Morgan fingerprint density at radius 1 is 0.871 bits per heavy atom. The van der Waals surface area contributed by atoms with Gasteiger partial charge in [0.1, 0.15) is 17.2 Å². The van der Waals surface area contributed by atoms with Gasteiger partial charge in [0, 0.05) is 19.2 Å². The Bertz CT molecular complexity index is 1020. The number of likely N-dealkylation sites (tertiary alicyclic amines) is 1. The summed E-state index contributed by atoms with van der Waals surface area (Å²) in [6, 6.07) is 14.5. The fourth-order valence-electron chi connectivity index (χ4n) is 4.71. The minimum Gasteiger partial charge on any atom is -0.497 e. The second kappa shape index (κ2) is 8.46. The Morgan fingerprint density at radius 3 is 2.16 bits per heavy atom. The highest BCUT2D eigenvalue weighted by molar-refractivity contribution is 6.45. The first-order valence-electron chi connectivity index (χ1n) is 10.6. The average molecular weight is 421 g/mol. The normalized spacial score (nSPS) is 21.7. The Labute approximate surface area is 183 Å². The molecule has 162 valence electrons. The highest BCUT2D eigenvalue weighted by Gasteiger charge is 2.44. The zero-order valence-corrected chi connectivity index (χ0v) is 18.4. The monoisotopic (exact) mass is 420 g/mol. The van der Waals surface area contributed by atoms with Gasteiger partial charge in [-0.2, -0.15) is 0 Å². The van der Waals surface area contributed by atoms with E-state index < -0.39 is 0 Å². The molecule has 31 heavy (non-hydrogen) atoms. The lowest BCUT2D eigenvalue weighted by Crippen LogP contribution is -2.42. The third-order valence-corrected chi connectivity index (χ3v) is 5.93. The number of imide groups is 1. The molecule has 0 N–H and O–H groups in total. The molecule has 2 aromatic carbocycles. The van der Waals surface area contributed by atoms with Gasteiger partial charge in [-0.05, 0) is 36.0 Å². The predicted molar refractivity (Wildman–Crippen MR) is 120 cm³/mol. The summed E-state index contributed by atoms with van der Waals surface area (Å²) < 4.78 is 10.8. The first kappa shape index (κ1) is 21.0. The van der Waals surface area contributed by atoms with Crippen LogP contribution in [-0.2, 0) is 9.59 Å². The molecular weight excluding hydrogens is 392 g/mol. The lowest BCUT2D eigenvalue weighted by atomic mass is 9.91. The maximum Gasteiger partial charge on any atom is 0.282 e. The number of methoxy groups -OCH3 is 2. The van der Waals surface area contributed by atoms with E-state index in [1.807, 2.05) is 30.3 Å². The number of anilines is 1. The van der Waals surface area contributed by atoms with Crippen LogP contribution in [0.25, 0.3) is 5.57 Å². The van der Waals surface area contributed by atoms with Gasteiger partial charge in [0.2, 0.25) is 0 Å². The van der Waals surface area contributed by atoms with Crippen molar-refractivity contribution in [1.82, 2.24) is 4.90 Å². The summed E-state index contributed by atoms with van der Waals surface area (Å²) in [5.41, 5.74) is 2.09. The molecule has 2 heterocycles.